The summed E-state index contributed by atoms with van der Waals surface area (Å²) in [7, 11) is 0. The highest BCUT2D eigenvalue weighted by atomic mass is 16.3. The Morgan fingerprint density at radius 2 is 1.95 bits per heavy atom. The highest BCUT2D eigenvalue weighted by molar-refractivity contribution is 5.95. The predicted molar refractivity (Wildman–Crippen MR) is 86.7 cm³/mol. The quantitative estimate of drug-likeness (QED) is 0.846. The monoisotopic (exact) mass is 294 g/mol. The van der Waals surface area contributed by atoms with Crippen molar-refractivity contribution in [1.82, 2.24) is 9.88 Å². The van der Waals surface area contributed by atoms with Crippen LogP contribution >= 0.6 is 0 Å². The molecule has 0 aliphatic rings. The third-order valence-corrected chi connectivity index (χ3v) is 4.53. The minimum atomic E-state index is -0.881. The molecule has 0 spiro atoms. The fraction of sp³-hybridized carbons (Fsp3) is 0.706. The van der Waals surface area contributed by atoms with E-state index >= 15 is 0 Å². The van der Waals surface area contributed by atoms with E-state index < -0.39 is 5.60 Å². The summed E-state index contributed by atoms with van der Waals surface area (Å²) in [5.74, 6) is 0.0273. The van der Waals surface area contributed by atoms with Crippen LogP contribution in [0.4, 0.5) is 0 Å². The van der Waals surface area contributed by atoms with Gasteiger partial charge in [0, 0.05) is 24.0 Å². The lowest BCUT2D eigenvalue weighted by atomic mass is 9.88. The number of carbonyl (C=O) groups is 1. The highest BCUT2D eigenvalue weighted by Gasteiger charge is 2.28. The third kappa shape index (κ3) is 3.88. The molecule has 1 rings (SSSR count). The normalized spacial score (nSPS) is 15.9. The smallest absolute Gasteiger partial charge is 0.253 e. The SMILES string of the molecule is CCC(C)C(C)(O)CNC(=O)c1cc(C)n(C(C)C)c1C. The number of hydrogen-bond acceptors (Lipinski definition) is 2. The molecule has 1 amide bonds. The van der Waals surface area contributed by atoms with Gasteiger partial charge >= 0.3 is 0 Å². The van der Waals surface area contributed by atoms with Gasteiger partial charge in [0.2, 0.25) is 0 Å². The number of rotatable bonds is 6. The van der Waals surface area contributed by atoms with Gasteiger partial charge in [-0.2, -0.15) is 0 Å². The van der Waals surface area contributed by atoms with Gasteiger partial charge in [0.1, 0.15) is 0 Å². The molecule has 1 heterocycles. The van der Waals surface area contributed by atoms with Crippen LogP contribution in [0.15, 0.2) is 6.07 Å². The summed E-state index contributed by atoms with van der Waals surface area (Å²) in [6.45, 7) is 14.3. The van der Waals surface area contributed by atoms with E-state index in [4.69, 9.17) is 0 Å². The van der Waals surface area contributed by atoms with Crippen molar-refractivity contribution in [3.63, 3.8) is 0 Å². The first kappa shape index (κ1) is 17.8. The average Bonchev–Trinajstić information content (AvgIpc) is 2.70. The minimum absolute atomic E-state index is 0.112. The molecule has 2 unspecified atom stereocenters. The Balaban J connectivity index is 2.85. The zero-order valence-electron chi connectivity index (χ0n) is 14.4. The van der Waals surface area contributed by atoms with Gasteiger partial charge in [-0.05, 0) is 46.6 Å². The van der Waals surface area contributed by atoms with Gasteiger partial charge in [-0.25, -0.2) is 0 Å². The van der Waals surface area contributed by atoms with Crippen LogP contribution in [0.25, 0.3) is 0 Å². The maximum absolute atomic E-state index is 12.4. The Morgan fingerprint density at radius 1 is 1.38 bits per heavy atom. The lowest BCUT2D eigenvalue weighted by Crippen LogP contribution is -2.45. The Labute approximate surface area is 128 Å². The lowest BCUT2D eigenvalue weighted by Gasteiger charge is -2.29. The van der Waals surface area contributed by atoms with Crippen LogP contribution < -0.4 is 5.32 Å². The number of carbonyl (C=O) groups excluding carboxylic acids is 1. The van der Waals surface area contributed by atoms with Gasteiger partial charge in [0.15, 0.2) is 0 Å². The molecule has 0 fully saturated rings. The maximum Gasteiger partial charge on any atom is 0.253 e. The largest absolute Gasteiger partial charge is 0.388 e. The van der Waals surface area contributed by atoms with Gasteiger partial charge in [0.25, 0.3) is 5.91 Å². The summed E-state index contributed by atoms with van der Waals surface area (Å²) in [4.78, 5) is 12.4. The Bertz CT molecular complexity index is 501. The molecule has 2 N–H and O–H groups in total. The predicted octanol–water partition coefficient (Wildman–Crippen LogP) is 3.21. The minimum Gasteiger partial charge on any atom is -0.388 e. The molecule has 4 nitrogen and oxygen atoms in total. The average molecular weight is 294 g/mol. The molecule has 2 atom stereocenters. The molecule has 0 bridgehead atoms. The van der Waals surface area contributed by atoms with Crippen molar-refractivity contribution in [2.24, 2.45) is 5.92 Å². The second kappa shape index (κ2) is 6.65. The molecular formula is C17H30N2O2. The summed E-state index contributed by atoms with van der Waals surface area (Å²) in [6, 6.07) is 2.25. The van der Waals surface area contributed by atoms with Crippen LogP contribution in [0.3, 0.4) is 0 Å². The second-order valence-electron chi connectivity index (χ2n) is 6.60. The molecule has 0 radical (unpaired) electrons. The number of hydrogen-bond donors (Lipinski definition) is 2. The summed E-state index contributed by atoms with van der Waals surface area (Å²) >= 11 is 0. The van der Waals surface area contributed by atoms with Crippen molar-refractivity contribution in [2.45, 2.75) is 66.5 Å². The molecule has 1 aromatic heterocycles. The van der Waals surface area contributed by atoms with E-state index in [1.807, 2.05) is 33.8 Å². The molecule has 0 aromatic carbocycles. The van der Waals surface area contributed by atoms with E-state index in [0.29, 0.717) is 11.6 Å². The third-order valence-electron chi connectivity index (χ3n) is 4.53. The van der Waals surface area contributed by atoms with Crippen molar-refractivity contribution < 1.29 is 9.90 Å². The maximum atomic E-state index is 12.4. The molecule has 0 saturated heterocycles. The molecule has 0 aliphatic heterocycles. The van der Waals surface area contributed by atoms with Crippen LogP contribution in [0.1, 0.15) is 68.8 Å². The fourth-order valence-corrected chi connectivity index (χ4v) is 2.77. The van der Waals surface area contributed by atoms with E-state index in [1.165, 1.54) is 0 Å². The standard InChI is InChI=1S/C17H30N2O2/c1-8-12(4)17(7,21)10-18-16(20)15-9-13(5)19(11(2)3)14(15)6/h9,11-12,21H,8,10H2,1-7H3,(H,18,20). The summed E-state index contributed by atoms with van der Waals surface area (Å²) in [6.07, 6.45) is 0.880. The van der Waals surface area contributed by atoms with Crippen LogP contribution in [0.5, 0.6) is 0 Å². The van der Waals surface area contributed by atoms with Gasteiger partial charge in [0.05, 0.1) is 11.2 Å². The molecule has 0 saturated carbocycles. The van der Waals surface area contributed by atoms with Gasteiger partial charge < -0.3 is 15.0 Å². The van der Waals surface area contributed by atoms with Crippen LogP contribution in [0.2, 0.25) is 0 Å². The van der Waals surface area contributed by atoms with Gasteiger partial charge in [-0.15, -0.1) is 0 Å². The summed E-state index contributed by atoms with van der Waals surface area (Å²) in [5.41, 5.74) is 1.87. The molecule has 120 valence electrons. The molecular weight excluding hydrogens is 264 g/mol. The van der Waals surface area contributed by atoms with Crippen molar-refractivity contribution >= 4 is 5.91 Å². The van der Waals surface area contributed by atoms with E-state index in [1.54, 1.807) is 6.92 Å². The van der Waals surface area contributed by atoms with E-state index in [2.05, 4.69) is 23.7 Å². The number of aryl methyl sites for hydroxylation is 1. The van der Waals surface area contributed by atoms with E-state index in [0.717, 1.165) is 17.8 Å². The number of nitrogens with zero attached hydrogens (tertiary/aromatic N) is 1. The number of aliphatic hydroxyl groups is 1. The number of nitrogens with one attached hydrogen (secondary N) is 1. The fourth-order valence-electron chi connectivity index (χ4n) is 2.77. The summed E-state index contributed by atoms with van der Waals surface area (Å²) < 4.78 is 2.15. The first-order valence-corrected chi connectivity index (χ1v) is 7.80. The van der Waals surface area contributed by atoms with Crippen molar-refractivity contribution in [3.8, 4) is 0 Å². The molecule has 0 aliphatic carbocycles. The summed E-state index contributed by atoms with van der Waals surface area (Å²) in [5, 5.41) is 13.2. The van der Waals surface area contributed by atoms with Crippen molar-refractivity contribution in [1.29, 1.82) is 0 Å². The molecule has 4 heteroatoms. The molecule has 1 aromatic rings. The Kier molecular flexibility index (Phi) is 5.62. The van der Waals surface area contributed by atoms with Crippen molar-refractivity contribution in [2.75, 3.05) is 6.54 Å². The first-order valence-electron chi connectivity index (χ1n) is 7.80. The number of amides is 1. The van der Waals surface area contributed by atoms with Crippen LogP contribution in [-0.2, 0) is 0 Å². The first-order chi connectivity index (χ1) is 9.61. The van der Waals surface area contributed by atoms with Gasteiger partial charge in [-0.3, -0.25) is 4.79 Å². The highest BCUT2D eigenvalue weighted by Crippen LogP contribution is 2.21. The topological polar surface area (TPSA) is 54.3 Å². The Hall–Kier alpha value is -1.29. The van der Waals surface area contributed by atoms with Crippen LogP contribution in [0, 0.1) is 19.8 Å². The van der Waals surface area contributed by atoms with Crippen LogP contribution in [-0.4, -0.2) is 27.7 Å². The second-order valence-corrected chi connectivity index (χ2v) is 6.60. The zero-order chi connectivity index (χ0) is 16.4. The van der Waals surface area contributed by atoms with Crippen molar-refractivity contribution in [3.05, 3.63) is 23.0 Å². The van der Waals surface area contributed by atoms with E-state index in [-0.39, 0.29) is 18.4 Å². The Morgan fingerprint density at radius 3 is 2.38 bits per heavy atom. The molecule has 21 heavy (non-hydrogen) atoms. The lowest BCUT2D eigenvalue weighted by molar-refractivity contribution is 0.00592. The van der Waals surface area contributed by atoms with Gasteiger partial charge in [-0.1, -0.05) is 20.3 Å². The number of aromatic nitrogens is 1. The zero-order valence-corrected chi connectivity index (χ0v) is 14.4. The van der Waals surface area contributed by atoms with E-state index in [9.17, 15) is 9.90 Å².